The molecule has 1 aromatic heterocycles. The van der Waals surface area contributed by atoms with E-state index in [0.717, 1.165) is 21.8 Å². The van der Waals surface area contributed by atoms with Crippen LogP contribution in [0.2, 0.25) is 0 Å². The van der Waals surface area contributed by atoms with E-state index in [1.807, 2.05) is 24.5 Å². The first kappa shape index (κ1) is 10.9. The number of rotatable bonds is 3. The van der Waals surface area contributed by atoms with E-state index in [9.17, 15) is 0 Å². The maximum atomic E-state index is 5.67. The van der Waals surface area contributed by atoms with Gasteiger partial charge in [0, 0.05) is 4.90 Å². The average Bonchev–Trinajstić information content (AvgIpc) is 2.74. The fraction of sp³-hybridized carbons (Fsp3) is 0.182. The highest BCUT2D eigenvalue weighted by Gasteiger charge is 2.10. The van der Waals surface area contributed by atoms with E-state index in [4.69, 9.17) is 15.0 Å². The minimum Gasteiger partial charge on any atom is -0.496 e. The maximum Gasteiger partial charge on any atom is 0.229 e. The molecule has 1 heterocycles. The SMILES string of the molecule is COc1ccc(-c2cnoc2N)cc1SC. The van der Waals surface area contributed by atoms with E-state index in [1.54, 1.807) is 25.1 Å². The second-order valence-electron chi connectivity index (χ2n) is 3.17. The average molecular weight is 236 g/mol. The molecule has 2 rings (SSSR count). The first-order valence-electron chi connectivity index (χ1n) is 4.69. The largest absolute Gasteiger partial charge is 0.496 e. The van der Waals surface area contributed by atoms with E-state index in [1.165, 1.54) is 0 Å². The third kappa shape index (κ3) is 1.86. The molecule has 0 saturated carbocycles. The lowest BCUT2D eigenvalue weighted by molar-refractivity contribution is 0.405. The number of thioether (sulfide) groups is 1. The van der Waals surface area contributed by atoms with Crippen LogP contribution in [0.25, 0.3) is 11.1 Å². The zero-order chi connectivity index (χ0) is 11.5. The van der Waals surface area contributed by atoms with Gasteiger partial charge in [0.05, 0.1) is 18.9 Å². The van der Waals surface area contributed by atoms with Crippen LogP contribution in [0, 0.1) is 0 Å². The Balaban J connectivity index is 2.48. The number of nitrogens with two attached hydrogens (primary N) is 1. The summed E-state index contributed by atoms with van der Waals surface area (Å²) in [6.07, 6.45) is 3.61. The summed E-state index contributed by atoms with van der Waals surface area (Å²) in [5.41, 5.74) is 7.45. The first-order valence-corrected chi connectivity index (χ1v) is 5.91. The molecule has 0 bridgehead atoms. The Labute approximate surface area is 97.8 Å². The summed E-state index contributed by atoms with van der Waals surface area (Å²) in [4.78, 5) is 1.06. The Morgan fingerprint density at radius 2 is 2.25 bits per heavy atom. The summed E-state index contributed by atoms with van der Waals surface area (Å²) < 4.78 is 10.1. The van der Waals surface area contributed by atoms with Gasteiger partial charge in [-0.1, -0.05) is 11.2 Å². The molecule has 2 aromatic rings. The number of methoxy groups -OCH3 is 1. The standard InChI is InChI=1S/C11H12N2O2S/c1-14-9-4-3-7(5-10(9)16-2)8-6-13-15-11(8)12/h3-6H,12H2,1-2H3. The molecule has 0 amide bonds. The van der Waals surface area contributed by atoms with Gasteiger partial charge in [0.1, 0.15) is 5.75 Å². The molecule has 16 heavy (non-hydrogen) atoms. The van der Waals surface area contributed by atoms with Gasteiger partial charge in [-0.25, -0.2) is 0 Å². The van der Waals surface area contributed by atoms with Gasteiger partial charge in [-0.15, -0.1) is 11.8 Å². The van der Waals surface area contributed by atoms with E-state index >= 15 is 0 Å². The molecule has 5 heteroatoms. The highest BCUT2D eigenvalue weighted by Crippen LogP contribution is 2.34. The molecule has 0 radical (unpaired) electrons. The predicted molar refractivity (Wildman–Crippen MR) is 64.7 cm³/mol. The fourth-order valence-electron chi connectivity index (χ4n) is 1.47. The number of anilines is 1. The zero-order valence-corrected chi connectivity index (χ0v) is 9.88. The molecule has 0 fully saturated rings. The van der Waals surface area contributed by atoms with Gasteiger partial charge in [0.2, 0.25) is 5.88 Å². The third-order valence-corrected chi connectivity index (χ3v) is 3.05. The molecule has 4 nitrogen and oxygen atoms in total. The van der Waals surface area contributed by atoms with E-state index in [-0.39, 0.29) is 0 Å². The molecule has 0 spiro atoms. The number of hydrogen-bond acceptors (Lipinski definition) is 5. The van der Waals surface area contributed by atoms with Crippen LogP contribution in [-0.2, 0) is 0 Å². The van der Waals surface area contributed by atoms with Crippen molar-refractivity contribution < 1.29 is 9.26 Å². The molecule has 1 aromatic carbocycles. The fourth-order valence-corrected chi connectivity index (χ4v) is 2.07. The quantitative estimate of drug-likeness (QED) is 0.830. The Morgan fingerprint density at radius 1 is 1.44 bits per heavy atom. The number of aromatic nitrogens is 1. The van der Waals surface area contributed by atoms with Crippen molar-refractivity contribution >= 4 is 17.6 Å². The molecule has 0 aliphatic carbocycles. The Kier molecular flexibility index (Phi) is 3.05. The van der Waals surface area contributed by atoms with Gasteiger partial charge in [0.15, 0.2) is 0 Å². The lowest BCUT2D eigenvalue weighted by Gasteiger charge is -2.07. The minimum atomic E-state index is 0.331. The molecule has 0 aliphatic rings. The topological polar surface area (TPSA) is 61.3 Å². The first-order chi connectivity index (χ1) is 7.76. The van der Waals surface area contributed by atoms with E-state index < -0.39 is 0 Å². The van der Waals surface area contributed by atoms with Crippen LogP contribution in [0.5, 0.6) is 5.75 Å². The number of nitrogen functional groups attached to an aromatic ring is 1. The molecule has 0 unspecified atom stereocenters. The van der Waals surface area contributed by atoms with Crippen molar-refractivity contribution in [2.24, 2.45) is 0 Å². The number of benzene rings is 1. The van der Waals surface area contributed by atoms with Crippen LogP contribution in [0.15, 0.2) is 33.8 Å². The molecule has 0 saturated heterocycles. The van der Waals surface area contributed by atoms with Crippen molar-refractivity contribution in [1.29, 1.82) is 0 Å². The number of nitrogens with zero attached hydrogens (tertiary/aromatic N) is 1. The summed E-state index contributed by atoms with van der Waals surface area (Å²) in [5.74, 6) is 1.18. The van der Waals surface area contributed by atoms with Crippen LogP contribution < -0.4 is 10.5 Å². The molecule has 84 valence electrons. The Hall–Kier alpha value is -1.62. The maximum absolute atomic E-state index is 5.67. The summed E-state index contributed by atoms with van der Waals surface area (Å²) >= 11 is 1.62. The van der Waals surface area contributed by atoms with Crippen molar-refractivity contribution in [1.82, 2.24) is 5.16 Å². The molecular formula is C11H12N2O2S. The Morgan fingerprint density at radius 3 is 2.81 bits per heavy atom. The van der Waals surface area contributed by atoms with Crippen LogP contribution in [-0.4, -0.2) is 18.5 Å². The molecule has 0 atom stereocenters. The lowest BCUT2D eigenvalue weighted by Crippen LogP contribution is -1.88. The monoisotopic (exact) mass is 236 g/mol. The van der Waals surface area contributed by atoms with Gasteiger partial charge < -0.3 is 15.0 Å². The normalized spacial score (nSPS) is 10.4. The number of hydrogen-bond donors (Lipinski definition) is 1. The van der Waals surface area contributed by atoms with Gasteiger partial charge in [-0.3, -0.25) is 0 Å². The summed E-state index contributed by atoms with van der Waals surface area (Å²) in [7, 11) is 1.66. The lowest BCUT2D eigenvalue weighted by atomic mass is 10.1. The van der Waals surface area contributed by atoms with Crippen molar-refractivity contribution in [3.63, 3.8) is 0 Å². The summed E-state index contributed by atoms with van der Waals surface area (Å²) in [6.45, 7) is 0. The van der Waals surface area contributed by atoms with Gasteiger partial charge >= 0.3 is 0 Å². The second kappa shape index (κ2) is 4.49. The zero-order valence-electron chi connectivity index (χ0n) is 9.06. The summed E-state index contributed by atoms with van der Waals surface area (Å²) in [5, 5.41) is 3.66. The van der Waals surface area contributed by atoms with Crippen molar-refractivity contribution in [3.05, 3.63) is 24.4 Å². The van der Waals surface area contributed by atoms with Crippen molar-refractivity contribution in [2.45, 2.75) is 4.90 Å². The van der Waals surface area contributed by atoms with Crippen LogP contribution in [0.1, 0.15) is 0 Å². The van der Waals surface area contributed by atoms with Crippen LogP contribution in [0.3, 0.4) is 0 Å². The van der Waals surface area contributed by atoms with E-state index in [0.29, 0.717) is 5.88 Å². The minimum absolute atomic E-state index is 0.331. The molecular weight excluding hydrogens is 224 g/mol. The Bertz CT molecular complexity index is 496. The van der Waals surface area contributed by atoms with Crippen LogP contribution >= 0.6 is 11.8 Å². The van der Waals surface area contributed by atoms with Crippen molar-refractivity contribution in [3.8, 4) is 16.9 Å². The molecule has 2 N–H and O–H groups in total. The highest BCUT2D eigenvalue weighted by atomic mass is 32.2. The highest BCUT2D eigenvalue weighted by molar-refractivity contribution is 7.98. The van der Waals surface area contributed by atoms with Crippen molar-refractivity contribution in [2.75, 3.05) is 19.1 Å². The second-order valence-corrected chi connectivity index (χ2v) is 4.02. The van der Waals surface area contributed by atoms with E-state index in [2.05, 4.69) is 5.16 Å². The number of ether oxygens (including phenoxy) is 1. The predicted octanol–water partition coefficient (Wildman–Crippen LogP) is 2.65. The van der Waals surface area contributed by atoms with Crippen LogP contribution in [0.4, 0.5) is 5.88 Å². The smallest absolute Gasteiger partial charge is 0.229 e. The summed E-state index contributed by atoms with van der Waals surface area (Å²) in [6, 6.07) is 5.85. The van der Waals surface area contributed by atoms with Gasteiger partial charge in [-0.2, -0.15) is 0 Å². The molecule has 0 aliphatic heterocycles. The van der Waals surface area contributed by atoms with Gasteiger partial charge in [0.25, 0.3) is 0 Å². The third-order valence-electron chi connectivity index (χ3n) is 2.29. The van der Waals surface area contributed by atoms with Gasteiger partial charge in [-0.05, 0) is 24.0 Å².